The number of nitrogens with one attached hydrogen (secondary N) is 1. The molecule has 0 saturated heterocycles. The van der Waals surface area contributed by atoms with Crippen LogP contribution < -0.4 is 5.32 Å². The van der Waals surface area contributed by atoms with E-state index in [0.717, 1.165) is 15.2 Å². The van der Waals surface area contributed by atoms with Gasteiger partial charge in [0, 0.05) is 21.1 Å². The lowest BCUT2D eigenvalue weighted by Crippen LogP contribution is -2.22. The van der Waals surface area contributed by atoms with E-state index in [1.165, 1.54) is 18.1 Å². The van der Waals surface area contributed by atoms with Gasteiger partial charge in [-0.05, 0) is 36.6 Å². The second kappa shape index (κ2) is 7.05. The predicted octanol–water partition coefficient (Wildman–Crippen LogP) is 5.12. The SMILES string of the molecule is CC(Sc1ncnc2sccc12)C(=O)Nc1cc(Cl)cc(Cl)c1. The van der Waals surface area contributed by atoms with Crippen molar-refractivity contribution >= 4 is 68.1 Å². The lowest BCUT2D eigenvalue weighted by atomic mass is 10.3. The number of hydrogen-bond acceptors (Lipinski definition) is 5. The maximum Gasteiger partial charge on any atom is 0.237 e. The number of rotatable bonds is 4. The first-order valence-electron chi connectivity index (χ1n) is 6.65. The molecule has 0 aliphatic heterocycles. The summed E-state index contributed by atoms with van der Waals surface area (Å²) in [5.74, 6) is -0.143. The zero-order valence-corrected chi connectivity index (χ0v) is 15.1. The minimum absolute atomic E-state index is 0.143. The summed E-state index contributed by atoms with van der Waals surface area (Å²) in [5.41, 5.74) is 0.573. The molecular formula is C15H11Cl2N3OS2. The summed E-state index contributed by atoms with van der Waals surface area (Å²) >= 11 is 14.8. The Kier molecular flexibility index (Phi) is 5.06. The number of carbonyl (C=O) groups excluding carboxylic acids is 1. The average Bonchev–Trinajstić information content (AvgIpc) is 2.95. The van der Waals surface area contributed by atoms with Crippen LogP contribution in [0.2, 0.25) is 10.0 Å². The quantitative estimate of drug-likeness (QED) is 0.501. The van der Waals surface area contributed by atoms with Gasteiger partial charge in [0.2, 0.25) is 5.91 Å². The molecule has 1 N–H and O–H groups in total. The van der Waals surface area contributed by atoms with E-state index in [4.69, 9.17) is 23.2 Å². The molecule has 0 radical (unpaired) electrons. The number of anilines is 1. The topological polar surface area (TPSA) is 54.9 Å². The first-order chi connectivity index (χ1) is 11.0. The number of aromatic nitrogens is 2. The smallest absolute Gasteiger partial charge is 0.237 e. The van der Waals surface area contributed by atoms with Gasteiger partial charge in [0.15, 0.2) is 0 Å². The Morgan fingerprint density at radius 3 is 2.74 bits per heavy atom. The second-order valence-corrected chi connectivity index (χ2v) is 7.82. The van der Waals surface area contributed by atoms with Crippen LogP contribution in [-0.2, 0) is 4.79 Å². The van der Waals surface area contributed by atoms with Crippen LogP contribution in [0.25, 0.3) is 10.2 Å². The Hall–Kier alpha value is -1.34. The third kappa shape index (κ3) is 3.95. The molecule has 1 atom stereocenters. The van der Waals surface area contributed by atoms with Crippen molar-refractivity contribution in [3.8, 4) is 0 Å². The van der Waals surface area contributed by atoms with Crippen LogP contribution in [-0.4, -0.2) is 21.1 Å². The molecule has 3 aromatic rings. The van der Waals surface area contributed by atoms with Crippen molar-refractivity contribution in [2.45, 2.75) is 17.2 Å². The Morgan fingerprint density at radius 2 is 2.00 bits per heavy atom. The van der Waals surface area contributed by atoms with Gasteiger partial charge < -0.3 is 5.32 Å². The number of nitrogens with zero attached hydrogens (tertiary/aromatic N) is 2. The van der Waals surface area contributed by atoms with Crippen molar-refractivity contribution in [2.24, 2.45) is 0 Å². The summed E-state index contributed by atoms with van der Waals surface area (Å²) in [7, 11) is 0. The molecular weight excluding hydrogens is 373 g/mol. The van der Waals surface area contributed by atoms with Crippen molar-refractivity contribution in [1.82, 2.24) is 9.97 Å². The number of thioether (sulfide) groups is 1. The monoisotopic (exact) mass is 383 g/mol. The highest BCUT2D eigenvalue weighted by molar-refractivity contribution is 8.00. The summed E-state index contributed by atoms with van der Waals surface area (Å²) in [5, 5.41) is 7.16. The first kappa shape index (κ1) is 16.5. The molecule has 1 unspecified atom stereocenters. The van der Waals surface area contributed by atoms with Crippen molar-refractivity contribution in [3.63, 3.8) is 0 Å². The van der Waals surface area contributed by atoms with Crippen LogP contribution in [0, 0.1) is 0 Å². The number of hydrogen-bond donors (Lipinski definition) is 1. The first-order valence-corrected chi connectivity index (χ1v) is 9.16. The minimum Gasteiger partial charge on any atom is -0.325 e. The highest BCUT2D eigenvalue weighted by atomic mass is 35.5. The summed E-state index contributed by atoms with van der Waals surface area (Å²) in [6.45, 7) is 1.83. The lowest BCUT2D eigenvalue weighted by Gasteiger charge is -2.12. The number of benzene rings is 1. The van der Waals surface area contributed by atoms with E-state index in [1.807, 2.05) is 18.4 Å². The van der Waals surface area contributed by atoms with Gasteiger partial charge in [0.1, 0.15) is 16.2 Å². The van der Waals surface area contributed by atoms with Crippen LogP contribution in [0.1, 0.15) is 6.92 Å². The highest BCUT2D eigenvalue weighted by Crippen LogP contribution is 2.31. The van der Waals surface area contributed by atoms with Crippen LogP contribution >= 0.6 is 46.3 Å². The third-order valence-electron chi connectivity index (χ3n) is 3.01. The van der Waals surface area contributed by atoms with E-state index in [2.05, 4.69) is 15.3 Å². The van der Waals surface area contributed by atoms with Gasteiger partial charge in [-0.15, -0.1) is 11.3 Å². The van der Waals surface area contributed by atoms with Gasteiger partial charge >= 0.3 is 0 Å². The fourth-order valence-electron chi connectivity index (χ4n) is 1.95. The number of thiophene rings is 1. The molecule has 4 nitrogen and oxygen atoms in total. The minimum atomic E-state index is -0.328. The molecule has 0 spiro atoms. The Labute approximate surface area is 151 Å². The number of carbonyl (C=O) groups is 1. The number of halogens is 2. The van der Waals surface area contributed by atoms with Crippen LogP contribution in [0.5, 0.6) is 0 Å². The normalized spacial score (nSPS) is 12.3. The van der Waals surface area contributed by atoms with Gasteiger partial charge in [0.05, 0.1) is 5.25 Å². The number of amides is 1. The predicted molar refractivity (Wildman–Crippen MR) is 97.8 cm³/mol. The standard InChI is InChI=1S/C15H11Cl2N3OS2/c1-8(13(21)20-11-5-9(16)4-10(17)6-11)23-15-12-2-3-22-14(12)18-7-19-15/h2-8H,1H3,(H,20,21). The van der Waals surface area contributed by atoms with Crippen molar-refractivity contribution in [1.29, 1.82) is 0 Å². The van der Waals surface area contributed by atoms with Crippen molar-refractivity contribution < 1.29 is 4.79 Å². The van der Waals surface area contributed by atoms with E-state index in [1.54, 1.807) is 29.5 Å². The average molecular weight is 384 g/mol. The highest BCUT2D eigenvalue weighted by Gasteiger charge is 2.17. The van der Waals surface area contributed by atoms with E-state index >= 15 is 0 Å². The largest absolute Gasteiger partial charge is 0.325 e. The molecule has 0 aliphatic carbocycles. The molecule has 0 fully saturated rings. The third-order valence-corrected chi connectivity index (χ3v) is 5.39. The maximum atomic E-state index is 12.4. The molecule has 1 amide bonds. The second-order valence-electron chi connectivity index (χ2n) is 4.73. The summed E-state index contributed by atoms with van der Waals surface area (Å²) in [4.78, 5) is 21.7. The summed E-state index contributed by atoms with van der Waals surface area (Å²) in [6, 6.07) is 6.89. The fraction of sp³-hybridized carbons (Fsp3) is 0.133. The fourth-order valence-corrected chi connectivity index (χ4v) is 4.18. The molecule has 3 rings (SSSR count). The Morgan fingerprint density at radius 1 is 1.26 bits per heavy atom. The molecule has 0 bridgehead atoms. The van der Waals surface area contributed by atoms with Gasteiger partial charge in [0.25, 0.3) is 0 Å². The Bertz CT molecular complexity index is 849. The molecule has 118 valence electrons. The molecule has 8 heteroatoms. The lowest BCUT2D eigenvalue weighted by molar-refractivity contribution is -0.115. The molecule has 0 saturated carbocycles. The van der Waals surface area contributed by atoms with Gasteiger partial charge in [-0.2, -0.15) is 0 Å². The van der Waals surface area contributed by atoms with Gasteiger partial charge in [-0.25, -0.2) is 9.97 Å². The van der Waals surface area contributed by atoms with Crippen LogP contribution in [0.4, 0.5) is 5.69 Å². The van der Waals surface area contributed by atoms with Gasteiger partial charge in [-0.3, -0.25) is 4.79 Å². The number of fused-ring (bicyclic) bond motifs is 1. The van der Waals surface area contributed by atoms with E-state index in [-0.39, 0.29) is 11.2 Å². The zero-order valence-electron chi connectivity index (χ0n) is 11.9. The maximum absolute atomic E-state index is 12.4. The Balaban J connectivity index is 1.73. The summed E-state index contributed by atoms with van der Waals surface area (Å²) in [6.07, 6.45) is 1.52. The molecule has 0 aliphatic rings. The van der Waals surface area contributed by atoms with Crippen LogP contribution in [0.3, 0.4) is 0 Å². The van der Waals surface area contributed by atoms with Crippen molar-refractivity contribution in [3.05, 3.63) is 46.0 Å². The van der Waals surface area contributed by atoms with Crippen LogP contribution in [0.15, 0.2) is 41.0 Å². The molecule has 2 heterocycles. The molecule has 1 aromatic carbocycles. The van der Waals surface area contributed by atoms with E-state index in [0.29, 0.717) is 15.7 Å². The van der Waals surface area contributed by atoms with Crippen molar-refractivity contribution in [2.75, 3.05) is 5.32 Å². The van der Waals surface area contributed by atoms with E-state index < -0.39 is 0 Å². The van der Waals surface area contributed by atoms with E-state index in [9.17, 15) is 4.79 Å². The zero-order chi connectivity index (χ0) is 16.4. The van der Waals surface area contributed by atoms with Gasteiger partial charge in [-0.1, -0.05) is 35.0 Å². The summed E-state index contributed by atoms with van der Waals surface area (Å²) < 4.78 is 0. The molecule has 2 aromatic heterocycles. The molecule has 23 heavy (non-hydrogen) atoms.